The molecule has 29 heavy (non-hydrogen) atoms. The van der Waals surface area contributed by atoms with E-state index in [9.17, 15) is 0 Å². The van der Waals surface area contributed by atoms with Gasteiger partial charge in [-0.2, -0.15) is 0 Å². The molecular formula is C25H27N3O. The SMILES string of the molecule is COc1ccc2cccc3c2c1C(N1CCC(N2CNc4ccccc42)CC1)C3. The molecule has 2 heterocycles. The molecule has 0 saturated carbocycles. The Morgan fingerprint density at radius 3 is 2.69 bits per heavy atom. The summed E-state index contributed by atoms with van der Waals surface area (Å²) in [4.78, 5) is 5.26. The van der Waals surface area contributed by atoms with Crippen molar-refractivity contribution in [3.63, 3.8) is 0 Å². The lowest BCUT2D eigenvalue weighted by molar-refractivity contribution is 0.152. The highest BCUT2D eigenvalue weighted by atomic mass is 16.5. The Balaban J connectivity index is 1.24. The summed E-state index contributed by atoms with van der Waals surface area (Å²) in [6, 6.07) is 20.8. The summed E-state index contributed by atoms with van der Waals surface area (Å²) in [6.45, 7) is 3.22. The molecule has 2 aliphatic heterocycles. The summed E-state index contributed by atoms with van der Waals surface area (Å²) in [5.74, 6) is 1.05. The molecule has 1 atom stereocenters. The maximum atomic E-state index is 5.80. The Morgan fingerprint density at radius 2 is 1.83 bits per heavy atom. The molecular weight excluding hydrogens is 358 g/mol. The minimum Gasteiger partial charge on any atom is -0.496 e. The van der Waals surface area contributed by atoms with E-state index >= 15 is 0 Å². The van der Waals surface area contributed by atoms with Crippen LogP contribution in [-0.2, 0) is 6.42 Å². The van der Waals surface area contributed by atoms with Crippen LogP contribution in [0.1, 0.15) is 30.0 Å². The molecule has 4 heteroatoms. The minimum atomic E-state index is 0.441. The van der Waals surface area contributed by atoms with Gasteiger partial charge in [0.1, 0.15) is 5.75 Å². The smallest absolute Gasteiger partial charge is 0.124 e. The number of nitrogens with zero attached hydrogens (tertiary/aromatic N) is 2. The van der Waals surface area contributed by atoms with Gasteiger partial charge in [-0.3, -0.25) is 4.90 Å². The molecule has 0 bridgehead atoms. The number of anilines is 2. The van der Waals surface area contributed by atoms with Crippen LogP contribution in [0, 0.1) is 0 Å². The normalized spacial score (nSPS) is 21.4. The highest BCUT2D eigenvalue weighted by Crippen LogP contribution is 2.46. The number of likely N-dealkylation sites (tertiary alicyclic amines) is 1. The molecule has 4 nitrogen and oxygen atoms in total. The number of benzene rings is 3. The van der Waals surface area contributed by atoms with Crippen LogP contribution in [0.2, 0.25) is 0 Å². The van der Waals surface area contributed by atoms with Gasteiger partial charge >= 0.3 is 0 Å². The number of rotatable bonds is 3. The Hall–Kier alpha value is -2.72. The summed E-state index contributed by atoms with van der Waals surface area (Å²) in [7, 11) is 1.81. The second-order valence-corrected chi connectivity index (χ2v) is 8.51. The molecule has 1 saturated heterocycles. The molecule has 1 fully saturated rings. The maximum Gasteiger partial charge on any atom is 0.124 e. The third-order valence-corrected chi connectivity index (χ3v) is 7.13. The molecule has 3 aromatic rings. The third-order valence-electron chi connectivity index (χ3n) is 7.13. The predicted molar refractivity (Wildman–Crippen MR) is 119 cm³/mol. The number of ether oxygens (including phenoxy) is 1. The van der Waals surface area contributed by atoms with Crippen molar-refractivity contribution in [1.29, 1.82) is 0 Å². The quantitative estimate of drug-likeness (QED) is 0.701. The van der Waals surface area contributed by atoms with E-state index < -0.39 is 0 Å². The standard InChI is InChI=1S/C25H27N3O/c1-29-23-10-9-17-5-4-6-18-15-22(25(23)24(17)18)27-13-11-19(12-14-27)28-16-26-20-7-2-3-8-21(20)28/h2-10,19,22,26H,11-16H2,1H3. The number of hydrogen-bond donors (Lipinski definition) is 1. The highest BCUT2D eigenvalue weighted by molar-refractivity contribution is 5.93. The zero-order valence-electron chi connectivity index (χ0n) is 16.9. The lowest BCUT2D eigenvalue weighted by Crippen LogP contribution is -2.46. The summed E-state index contributed by atoms with van der Waals surface area (Å²) in [5, 5.41) is 6.32. The van der Waals surface area contributed by atoms with Crippen LogP contribution in [0.4, 0.5) is 11.4 Å². The average molecular weight is 386 g/mol. The van der Waals surface area contributed by atoms with Crippen LogP contribution in [0.25, 0.3) is 10.8 Å². The largest absolute Gasteiger partial charge is 0.496 e. The van der Waals surface area contributed by atoms with E-state index in [-0.39, 0.29) is 0 Å². The fourth-order valence-corrected chi connectivity index (χ4v) is 5.73. The van der Waals surface area contributed by atoms with Crippen LogP contribution in [0.3, 0.4) is 0 Å². The maximum absolute atomic E-state index is 5.80. The van der Waals surface area contributed by atoms with Crippen molar-refractivity contribution in [1.82, 2.24) is 4.90 Å². The first kappa shape index (κ1) is 17.2. The van der Waals surface area contributed by atoms with Gasteiger partial charge in [0.2, 0.25) is 0 Å². The fraction of sp³-hybridized carbons (Fsp3) is 0.360. The summed E-state index contributed by atoms with van der Waals surface area (Å²) >= 11 is 0. The summed E-state index contributed by atoms with van der Waals surface area (Å²) in [5.41, 5.74) is 5.52. The third kappa shape index (κ3) is 2.62. The van der Waals surface area contributed by atoms with Gasteiger partial charge in [-0.1, -0.05) is 36.4 Å². The first-order valence-electron chi connectivity index (χ1n) is 10.8. The van der Waals surface area contributed by atoms with Crippen molar-refractivity contribution >= 4 is 22.1 Å². The fourth-order valence-electron chi connectivity index (χ4n) is 5.73. The number of fused-ring (bicyclic) bond motifs is 1. The Morgan fingerprint density at radius 1 is 0.966 bits per heavy atom. The van der Waals surface area contributed by atoms with E-state index in [1.165, 1.54) is 46.1 Å². The van der Waals surface area contributed by atoms with Gasteiger partial charge in [0.05, 0.1) is 25.2 Å². The Bertz CT molecular complexity index is 1070. The molecule has 0 spiro atoms. The molecule has 0 aromatic heterocycles. The van der Waals surface area contributed by atoms with E-state index in [1.54, 1.807) is 7.11 Å². The van der Waals surface area contributed by atoms with E-state index in [4.69, 9.17) is 4.74 Å². The van der Waals surface area contributed by atoms with Gasteiger partial charge in [-0.25, -0.2) is 0 Å². The van der Waals surface area contributed by atoms with E-state index in [1.807, 2.05) is 0 Å². The molecule has 1 aliphatic carbocycles. The number of methoxy groups -OCH3 is 1. The van der Waals surface area contributed by atoms with Crippen molar-refractivity contribution < 1.29 is 4.74 Å². The second-order valence-electron chi connectivity index (χ2n) is 8.51. The molecule has 148 valence electrons. The van der Waals surface area contributed by atoms with Crippen LogP contribution < -0.4 is 15.0 Å². The van der Waals surface area contributed by atoms with E-state index in [2.05, 4.69) is 69.7 Å². The Kier molecular flexibility index (Phi) is 3.95. The van der Waals surface area contributed by atoms with Gasteiger partial charge in [-0.15, -0.1) is 0 Å². The molecule has 1 unspecified atom stereocenters. The van der Waals surface area contributed by atoms with Gasteiger partial charge in [0, 0.05) is 30.7 Å². The predicted octanol–water partition coefficient (Wildman–Crippen LogP) is 4.80. The van der Waals surface area contributed by atoms with E-state index in [0.717, 1.165) is 31.9 Å². The first-order valence-corrected chi connectivity index (χ1v) is 10.8. The van der Waals surface area contributed by atoms with Crippen LogP contribution in [-0.4, -0.2) is 37.8 Å². The number of nitrogens with one attached hydrogen (secondary N) is 1. The van der Waals surface area contributed by atoms with Crippen LogP contribution in [0.5, 0.6) is 5.75 Å². The monoisotopic (exact) mass is 385 g/mol. The Labute approximate surface area is 172 Å². The molecule has 0 radical (unpaired) electrons. The van der Waals surface area contributed by atoms with Crippen LogP contribution >= 0.6 is 0 Å². The molecule has 3 aromatic carbocycles. The molecule has 3 aliphatic rings. The van der Waals surface area contributed by atoms with Crippen molar-refractivity contribution in [3.8, 4) is 5.75 Å². The van der Waals surface area contributed by atoms with E-state index in [0.29, 0.717) is 12.1 Å². The van der Waals surface area contributed by atoms with Crippen molar-refractivity contribution in [2.45, 2.75) is 31.3 Å². The van der Waals surface area contributed by atoms with Crippen LogP contribution in [0.15, 0.2) is 54.6 Å². The second kappa shape index (κ2) is 6.67. The minimum absolute atomic E-state index is 0.441. The first-order chi connectivity index (χ1) is 14.3. The van der Waals surface area contributed by atoms with Crippen molar-refractivity contribution in [3.05, 3.63) is 65.7 Å². The van der Waals surface area contributed by atoms with Gasteiger partial charge in [-0.05, 0) is 53.8 Å². The zero-order chi connectivity index (χ0) is 19.4. The number of para-hydroxylation sites is 2. The molecule has 0 amide bonds. The summed E-state index contributed by atoms with van der Waals surface area (Å²) < 4.78 is 5.80. The van der Waals surface area contributed by atoms with Gasteiger partial charge < -0.3 is 15.0 Å². The lowest BCUT2D eigenvalue weighted by atomic mass is 9.98. The molecule has 6 rings (SSSR count). The van der Waals surface area contributed by atoms with Crippen molar-refractivity contribution in [2.24, 2.45) is 0 Å². The highest BCUT2D eigenvalue weighted by Gasteiger charge is 2.36. The zero-order valence-corrected chi connectivity index (χ0v) is 16.9. The number of hydrogen-bond acceptors (Lipinski definition) is 4. The van der Waals surface area contributed by atoms with Gasteiger partial charge in [0.15, 0.2) is 0 Å². The number of piperidine rings is 1. The molecule has 1 N–H and O–H groups in total. The topological polar surface area (TPSA) is 27.7 Å². The van der Waals surface area contributed by atoms with Gasteiger partial charge in [0.25, 0.3) is 0 Å². The van der Waals surface area contributed by atoms with Crippen molar-refractivity contribution in [2.75, 3.05) is 37.1 Å². The summed E-state index contributed by atoms with van der Waals surface area (Å²) in [6.07, 6.45) is 3.52. The average Bonchev–Trinajstić information content (AvgIpc) is 3.38. The lowest BCUT2D eigenvalue weighted by Gasteiger charge is -2.40.